The summed E-state index contributed by atoms with van der Waals surface area (Å²) in [6.07, 6.45) is 2.21. The van der Waals surface area contributed by atoms with E-state index in [0.717, 1.165) is 37.8 Å². The first kappa shape index (κ1) is 31.1. The number of imide groups is 1. The van der Waals surface area contributed by atoms with Crippen molar-refractivity contribution in [1.82, 2.24) is 4.48 Å². The molecule has 3 nitrogen and oxygen atoms in total. The molecule has 1 aromatic carbocycles. The Bertz CT molecular complexity index is 720. The van der Waals surface area contributed by atoms with Crippen molar-refractivity contribution < 1.29 is 35.9 Å². The Hall–Kier alpha value is -1.90. The zero-order chi connectivity index (χ0) is 26.4. The van der Waals surface area contributed by atoms with E-state index in [1.165, 1.54) is 63.1 Å². The summed E-state index contributed by atoms with van der Waals surface area (Å²) in [5.41, 5.74) is -0.633. The number of alkyl halides is 6. The van der Waals surface area contributed by atoms with Gasteiger partial charge >= 0.3 is 24.2 Å². The smallest absolute Gasteiger partial charge is 0.219 e. The molecule has 0 aliphatic heterocycles. The largest absolute Gasteiger partial charge is 0.510 e. The highest BCUT2D eigenvalue weighted by Gasteiger charge is 2.66. The number of hydrogen-bond donors (Lipinski definition) is 0. The fourth-order valence-corrected chi connectivity index (χ4v) is 4.32. The SMILES string of the molecule is CCCCCCCCCCCCCCCC[N+](C(=O)C(F)(F)F)(C(=O)C(F)(F)F)c1ccccc1. The molecule has 0 atom stereocenters. The van der Waals surface area contributed by atoms with E-state index in [0.29, 0.717) is 12.8 Å². The highest BCUT2D eigenvalue weighted by atomic mass is 19.4. The quantitative estimate of drug-likeness (QED) is 0.127. The van der Waals surface area contributed by atoms with E-state index in [4.69, 9.17) is 0 Å². The Balaban J connectivity index is 2.63. The maximum absolute atomic E-state index is 13.4. The fraction of sp³-hybridized carbons (Fsp3) is 0.692. The van der Waals surface area contributed by atoms with Crippen molar-refractivity contribution in [1.29, 1.82) is 0 Å². The Morgan fingerprint density at radius 1 is 0.600 bits per heavy atom. The van der Waals surface area contributed by atoms with E-state index >= 15 is 0 Å². The van der Waals surface area contributed by atoms with E-state index in [9.17, 15) is 35.9 Å². The Morgan fingerprint density at radius 3 is 1.29 bits per heavy atom. The predicted molar refractivity (Wildman–Crippen MR) is 126 cm³/mol. The Morgan fingerprint density at radius 2 is 0.943 bits per heavy atom. The molecule has 0 aromatic heterocycles. The number of hydrogen-bond acceptors (Lipinski definition) is 2. The first-order valence-electron chi connectivity index (χ1n) is 12.6. The number of nitrogens with zero attached hydrogens (tertiary/aromatic N) is 1. The van der Waals surface area contributed by atoms with Crippen molar-refractivity contribution >= 4 is 17.5 Å². The number of unbranched alkanes of at least 4 members (excludes halogenated alkanes) is 13. The summed E-state index contributed by atoms with van der Waals surface area (Å²) in [5, 5.41) is 0. The molecular formula is C26H38F6NO2+. The molecule has 0 N–H and O–H groups in total. The summed E-state index contributed by atoms with van der Waals surface area (Å²) < 4.78 is 77.8. The lowest BCUT2D eigenvalue weighted by molar-refractivity contribution is -0.202. The second kappa shape index (κ2) is 15.3. The van der Waals surface area contributed by atoms with Crippen LogP contribution in [0.25, 0.3) is 0 Å². The van der Waals surface area contributed by atoms with E-state index in [-0.39, 0.29) is 6.42 Å². The van der Waals surface area contributed by atoms with Gasteiger partial charge in [0.25, 0.3) is 0 Å². The van der Waals surface area contributed by atoms with Gasteiger partial charge in [0.15, 0.2) is 0 Å². The first-order chi connectivity index (χ1) is 16.5. The van der Waals surface area contributed by atoms with Crippen LogP contribution in [-0.4, -0.2) is 30.7 Å². The molecule has 0 saturated heterocycles. The minimum atomic E-state index is -5.60. The molecule has 35 heavy (non-hydrogen) atoms. The average molecular weight is 511 g/mol. The number of benzene rings is 1. The van der Waals surface area contributed by atoms with E-state index < -0.39 is 40.9 Å². The zero-order valence-corrected chi connectivity index (χ0v) is 20.5. The second-order valence-corrected chi connectivity index (χ2v) is 9.07. The Kier molecular flexibility index (Phi) is 13.6. The lowest BCUT2D eigenvalue weighted by Gasteiger charge is -2.33. The number of carbonyl (C=O) groups excluding carboxylic acids is 2. The molecule has 0 radical (unpaired) electrons. The van der Waals surface area contributed by atoms with Crippen molar-refractivity contribution in [3.05, 3.63) is 30.3 Å². The highest BCUT2D eigenvalue weighted by molar-refractivity contribution is 6.12. The normalized spacial score (nSPS) is 12.7. The van der Waals surface area contributed by atoms with Gasteiger partial charge in [0.05, 0.1) is 6.54 Å². The standard InChI is InChI=1S/C26H38F6NO2/c1-2-3-4-5-6-7-8-9-10-11-12-13-14-18-21-33(23(34)25(27,28)29,24(35)26(30,31)32)22-19-16-15-17-20-22/h15-17,19-20H,2-14,18,21H2,1H3/q+1. The lowest BCUT2D eigenvalue weighted by Crippen LogP contribution is -2.67. The number of carbonyl (C=O) groups is 2. The van der Waals surface area contributed by atoms with Crippen LogP contribution in [0.2, 0.25) is 0 Å². The topological polar surface area (TPSA) is 34.1 Å². The van der Waals surface area contributed by atoms with Gasteiger partial charge in [-0.2, -0.15) is 26.3 Å². The van der Waals surface area contributed by atoms with Crippen LogP contribution in [0.3, 0.4) is 0 Å². The number of amides is 2. The fourth-order valence-electron chi connectivity index (χ4n) is 4.32. The van der Waals surface area contributed by atoms with E-state index in [2.05, 4.69) is 6.92 Å². The molecule has 0 bridgehead atoms. The van der Waals surface area contributed by atoms with Crippen LogP contribution in [0.4, 0.5) is 32.0 Å². The third kappa shape index (κ3) is 10.3. The van der Waals surface area contributed by atoms with E-state index in [1.807, 2.05) is 0 Å². The molecule has 0 heterocycles. The summed E-state index contributed by atoms with van der Waals surface area (Å²) in [5.74, 6) is -5.44. The zero-order valence-electron chi connectivity index (χ0n) is 20.5. The third-order valence-electron chi connectivity index (χ3n) is 6.22. The molecule has 0 saturated carbocycles. The molecule has 0 fully saturated rings. The summed E-state index contributed by atoms with van der Waals surface area (Å²) in [7, 11) is 0. The van der Waals surface area contributed by atoms with Crippen LogP contribution in [0.15, 0.2) is 30.3 Å². The summed E-state index contributed by atoms with van der Waals surface area (Å²) in [6.45, 7) is 1.29. The molecule has 200 valence electrons. The molecule has 0 unspecified atom stereocenters. The van der Waals surface area contributed by atoms with Gasteiger partial charge in [0.2, 0.25) is 0 Å². The van der Waals surface area contributed by atoms with Gasteiger partial charge in [-0.05, 0) is 12.8 Å². The van der Waals surface area contributed by atoms with E-state index in [1.54, 1.807) is 0 Å². The molecule has 0 aliphatic rings. The maximum atomic E-state index is 13.4. The van der Waals surface area contributed by atoms with Crippen molar-refractivity contribution in [3.63, 3.8) is 0 Å². The van der Waals surface area contributed by atoms with Crippen LogP contribution in [0, 0.1) is 0 Å². The number of quaternary nitrogens is 1. The van der Waals surface area contributed by atoms with Crippen LogP contribution >= 0.6 is 0 Å². The van der Waals surface area contributed by atoms with Crippen LogP contribution in [-0.2, 0) is 9.59 Å². The van der Waals surface area contributed by atoms with Crippen LogP contribution in [0.1, 0.15) is 96.8 Å². The molecule has 0 aliphatic carbocycles. The van der Waals surface area contributed by atoms with Crippen molar-refractivity contribution in [3.8, 4) is 0 Å². The minimum Gasteiger partial charge on any atom is -0.219 e. The van der Waals surface area contributed by atoms with Gasteiger partial charge in [-0.3, -0.25) is 0 Å². The minimum absolute atomic E-state index is 0.115. The highest BCUT2D eigenvalue weighted by Crippen LogP contribution is 2.36. The molecule has 1 aromatic rings. The van der Waals surface area contributed by atoms with Gasteiger partial charge in [0.1, 0.15) is 5.69 Å². The van der Waals surface area contributed by atoms with Gasteiger partial charge in [0, 0.05) is 12.1 Å². The Labute approximate surface area is 204 Å². The molecule has 9 heteroatoms. The monoisotopic (exact) mass is 510 g/mol. The van der Waals surface area contributed by atoms with Gasteiger partial charge < -0.3 is 0 Å². The number of rotatable bonds is 16. The summed E-state index contributed by atoms with van der Waals surface area (Å²) in [6, 6.07) is 5.72. The third-order valence-corrected chi connectivity index (χ3v) is 6.22. The predicted octanol–water partition coefficient (Wildman–Crippen LogP) is 8.65. The average Bonchev–Trinajstić information content (AvgIpc) is 2.80. The molecular weight excluding hydrogens is 472 g/mol. The second-order valence-electron chi connectivity index (χ2n) is 9.07. The molecule has 1 rings (SSSR count). The summed E-state index contributed by atoms with van der Waals surface area (Å²) >= 11 is 0. The van der Waals surface area contributed by atoms with Crippen LogP contribution in [0.5, 0.6) is 0 Å². The van der Waals surface area contributed by atoms with Crippen molar-refractivity contribution in [2.45, 2.75) is 109 Å². The van der Waals surface area contributed by atoms with Crippen LogP contribution < -0.4 is 4.48 Å². The van der Waals surface area contributed by atoms with Gasteiger partial charge in [-0.25, -0.2) is 9.59 Å². The van der Waals surface area contributed by atoms with Crippen molar-refractivity contribution in [2.75, 3.05) is 6.54 Å². The number of halogens is 6. The van der Waals surface area contributed by atoms with Gasteiger partial charge in [-0.15, -0.1) is 4.48 Å². The molecule has 2 amide bonds. The molecule has 0 spiro atoms. The maximum Gasteiger partial charge on any atom is 0.510 e. The van der Waals surface area contributed by atoms with Gasteiger partial charge in [-0.1, -0.05) is 102 Å². The van der Waals surface area contributed by atoms with Crippen molar-refractivity contribution in [2.24, 2.45) is 0 Å². The lowest BCUT2D eigenvalue weighted by atomic mass is 10.0. The summed E-state index contributed by atoms with van der Waals surface area (Å²) in [4.78, 5) is 24.5. The number of para-hydroxylation sites is 1. The first-order valence-corrected chi connectivity index (χ1v) is 12.6.